The lowest BCUT2D eigenvalue weighted by Crippen LogP contribution is -2.09. The molecule has 4 aromatic rings. The van der Waals surface area contributed by atoms with Crippen molar-refractivity contribution < 1.29 is 34.1 Å². The molecule has 0 unspecified atom stereocenters. The van der Waals surface area contributed by atoms with Crippen LogP contribution in [0.4, 0.5) is 0 Å². The van der Waals surface area contributed by atoms with Crippen LogP contribution in [0.15, 0.2) is 48.5 Å². The molecule has 2 aromatic carbocycles. The molecule has 9 heteroatoms. The summed E-state index contributed by atoms with van der Waals surface area (Å²) in [4.78, 5) is 34.6. The summed E-state index contributed by atoms with van der Waals surface area (Å²) in [7, 11) is 3.52. The molecule has 0 saturated heterocycles. The van der Waals surface area contributed by atoms with Crippen LogP contribution in [0.3, 0.4) is 0 Å². The predicted molar refractivity (Wildman–Crippen MR) is 131 cm³/mol. The lowest BCUT2D eigenvalue weighted by molar-refractivity contribution is 0.0506. The molecular formula is C26H28N2O7. The van der Waals surface area contributed by atoms with Crippen LogP contribution >= 0.6 is 0 Å². The zero-order valence-corrected chi connectivity index (χ0v) is 20.1. The zero-order valence-electron chi connectivity index (χ0n) is 20.1. The molecule has 2 aromatic heterocycles. The van der Waals surface area contributed by atoms with Crippen LogP contribution in [0, 0.1) is 0 Å². The van der Waals surface area contributed by atoms with Crippen LogP contribution < -0.4 is 0 Å². The Morgan fingerprint density at radius 3 is 1.77 bits per heavy atom. The second kappa shape index (κ2) is 10.9. The molecule has 0 aliphatic heterocycles. The largest absolute Gasteiger partial charge is 0.478 e. The summed E-state index contributed by atoms with van der Waals surface area (Å²) in [6.07, 6.45) is 0. The fourth-order valence-electron chi connectivity index (χ4n) is 3.91. The number of esters is 2. The van der Waals surface area contributed by atoms with Crippen molar-refractivity contribution in [2.24, 2.45) is 14.1 Å². The summed E-state index contributed by atoms with van der Waals surface area (Å²) in [6.45, 7) is 4.10. The summed E-state index contributed by atoms with van der Waals surface area (Å²) in [5.74, 6) is -1.80. The smallest absolute Gasteiger partial charge is 0.354 e. The van der Waals surface area contributed by atoms with E-state index in [2.05, 4.69) is 0 Å². The number of hydrogen-bond acceptors (Lipinski definition) is 6. The lowest BCUT2D eigenvalue weighted by atomic mass is 10.1. The number of aromatic carboxylic acids is 1. The minimum Gasteiger partial charge on any atom is -0.478 e. The highest BCUT2D eigenvalue weighted by molar-refractivity contribution is 6.06. The van der Waals surface area contributed by atoms with Gasteiger partial charge in [-0.05, 0) is 49.7 Å². The Morgan fingerprint density at radius 2 is 1.29 bits per heavy atom. The van der Waals surface area contributed by atoms with E-state index >= 15 is 0 Å². The van der Waals surface area contributed by atoms with Crippen LogP contribution in [-0.2, 0) is 30.2 Å². The first-order valence-electron chi connectivity index (χ1n) is 11.1. The van der Waals surface area contributed by atoms with Crippen molar-refractivity contribution in [1.29, 1.82) is 0 Å². The van der Waals surface area contributed by atoms with E-state index in [4.69, 9.17) is 14.6 Å². The number of carbonyl (C=O) groups excluding carboxylic acids is 2. The van der Waals surface area contributed by atoms with Gasteiger partial charge in [0.2, 0.25) is 0 Å². The van der Waals surface area contributed by atoms with Crippen LogP contribution in [0.5, 0.6) is 0 Å². The Labute approximate surface area is 202 Å². The second-order valence-electron chi connectivity index (χ2n) is 7.67. The average molecular weight is 481 g/mol. The summed E-state index contributed by atoms with van der Waals surface area (Å²) in [5, 5.41) is 19.8. The Balaban J connectivity index is 0.000000196. The van der Waals surface area contributed by atoms with E-state index in [1.54, 1.807) is 54.3 Å². The predicted octanol–water partition coefficient (Wildman–Crippen LogP) is 3.90. The van der Waals surface area contributed by atoms with Gasteiger partial charge in [0.25, 0.3) is 0 Å². The SMILES string of the molecule is CCOC(=O)c1cc2c(C(=O)O)cccc2n1C.CCOC(=O)c1cc2c(CO)cccc2n1C. The number of aryl methyl sites for hydroxylation is 2. The van der Waals surface area contributed by atoms with Gasteiger partial charge in [-0.15, -0.1) is 0 Å². The molecule has 0 saturated carbocycles. The minimum atomic E-state index is -1.01. The number of benzene rings is 2. The van der Waals surface area contributed by atoms with Crippen molar-refractivity contribution in [3.63, 3.8) is 0 Å². The molecule has 2 N–H and O–H groups in total. The summed E-state index contributed by atoms with van der Waals surface area (Å²) in [6, 6.07) is 13.9. The van der Waals surface area contributed by atoms with Gasteiger partial charge in [-0.3, -0.25) is 0 Å². The highest BCUT2D eigenvalue weighted by Gasteiger charge is 2.18. The average Bonchev–Trinajstić information content (AvgIpc) is 3.37. The number of aliphatic hydroxyl groups excluding tert-OH is 1. The summed E-state index contributed by atoms with van der Waals surface area (Å²) < 4.78 is 13.3. The normalized spacial score (nSPS) is 10.7. The maximum Gasteiger partial charge on any atom is 0.354 e. The quantitative estimate of drug-likeness (QED) is 0.402. The van der Waals surface area contributed by atoms with E-state index in [-0.39, 0.29) is 24.7 Å². The van der Waals surface area contributed by atoms with Gasteiger partial charge in [-0.1, -0.05) is 18.2 Å². The van der Waals surface area contributed by atoms with Crippen molar-refractivity contribution in [3.05, 3.63) is 71.0 Å². The molecule has 0 aliphatic carbocycles. The van der Waals surface area contributed by atoms with Crippen molar-refractivity contribution >= 4 is 39.7 Å². The molecule has 0 bridgehead atoms. The van der Waals surface area contributed by atoms with E-state index in [0.29, 0.717) is 28.9 Å². The highest BCUT2D eigenvalue weighted by atomic mass is 16.5. The monoisotopic (exact) mass is 480 g/mol. The Hall–Kier alpha value is -4.11. The third kappa shape index (κ3) is 5.04. The van der Waals surface area contributed by atoms with Gasteiger partial charge in [0.15, 0.2) is 0 Å². The Morgan fingerprint density at radius 1 is 0.800 bits per heavy atom. The fraction of sp³-hybridized carbons (Fsp3) is 0.269. The van der Waals surface area contributed by atoms with Gasteiger partial charge < -0.3 is 28.8 Å². The molecule has 0 amide bonds. The fourth-order valence-corrected chi connectivity index (χ4v) is 3.91. The maximum atomic E-state index is 11.7. The minimum absolute atomic E-state index is 0.0381. The number of rotatable bonds is 6. The van der Waals surface area contributed by atoms with Gasteiger partial charge >= 0.3 is 17.9 Å². The second-order valence-corrected chi connectivity index (χ2v) is 7.67. The van der Waals surface area contributed by atoms with Gasteiger partial charge in [-0.25, -0.2) is 14.4 Å². The molecule has 2 heterocycles. The molecule has 0 fully saturated rings. The highest BCUT2D eigenvalue weighted by Crippen LogP contribution is 2.24. The van der Waals surface area contributed by atoms with Gasteiger partial charge in [-0.2, -0.15) is 0 Å². The summed E-state index contributed by atoms with van der Waals surface area (Å²) >= 11 is 0. The number of hydrogen-bond donors (Lipinski definition) is 2. The Bertz CT molecular complexity index is 1400. The van der Waals surface area contributed by atoms with Crippen LogP contribution in [0.1, 0.15) is 50.7 Å². The van der Waals surface area contributed by atoms with Crippen LogP contribution in [0.2, 0.25) is 0 Å². The molecule has 4 rings (SSSR count). The van der Waals surface area contributed by atoms with Gasteiger partial charge in [0.1, 0.15) is 11.4 Å². The van der Waals surface area contributed by atoms with Crippen LogP contribution in [0.25, 0.3) is 21.8 Å². The zero-order chi connectivity index (χ0) is 25.7. The molecule has 35 heavy (non-hydrogen) atoms. The molecule has 0 atom stereocenters. The van der Waals surface area contributed by atoms with E-state index in [1.807, 2.05) is 25.2 Å². The lowest BCUT2D eigenvalue weighted by Gasteiger charge is -2.03. The summed E-state index contributed by atoms with van der Waals surface area (Å²) in [5.41, 5.74) is 3.45. The topological polar surface area (TPSA) is 120 Å². The maximum absolute atomic E-state index is 11.7. The van der Waals surface area contributed by atoms with E-state index in [1.165, 1.54) is 6.07 Å². The molecule has 0 radical (unpaired) electrons. The van der Waals surface area contributed by atoms with Crippen molar-refractivity contribution in [2.45, 2.75) is 20.5 Å². The Kier molecular flexibility index (Phi) is 7.93. The number of carbonyl (C=O) groups is 3. The number of aliphatic hydroxyl groups is 1. The number of ether oxygens (including phenoxy) is 2. The van der Waals surface area contributed by atoms with Crippen molar-refractivity contribution in [1.82, 2.24) is 9.13 Å². The number of aromatic nitrogens is 2. The number of nitrogens with zero attached hydrogens (tertiary/aromatic N) is 2. The van der Waals surface area contributed by atoms with E-state index in [0.717, 1.165) is 16.5 Å². The molecule has 0 aliphatic rings. The standard InChI is InChI=1S/C13H13NO4.C13H15NO3/c1-3-18-13(17)11-7-9-8(12(15)16)5-4-6-10(9)14(11)2;1-3-17-13(16)12-7-10-9(8-15)5-4-6-11(10)14(12)2/h4-7H,3H2,1-2H3,(H,15,16);4-7,15H,3,8H2,1-2H3. The number of fused-ring (bicyclic) bond motifs is 2. The number of carboxylic acids is 1. The van der Waals surface area contributed by atoms with Crippen molar-refractivity contribution in [3.8, 4) is 0 Å². The molecule has 184 valence electrons. The molecule has 0 spiro atoms. The van der Waals surface area contributed by atoms with E-state index in [9.17, 15) is 19.5 Å². The molecule has 9 nitrogen and oxygen atoms in total. The first kappa shape index (κ1) is 25.5. The van der Waals surface area contributed by atoms with Gasteiger partial charge in [0.05, 0.1) is 25.4 Å². The first-order chi connectivity index (χ1) is 16.7. The third-order valence-electron chi connectivity index (χ3n) is 5.63. The van der Waals surface area contributed by atoms with Crippen molar-refractivity contribution in [2.75, 3.05) is 13.2 Å². The number of carboxylic acid groups (broad SMARTS) is 1. The van der Waals surface area contributed by atoms with E-state index < -0.39 is 11.9 Å². The van der Waals surface area contributed by atoms with Crippen LogP contribution in [-0.4, -0.2) is 50.5 Å². The first-order valence-corrected chi connectivity index (χ1v) is 11.1. The van der Waals surface area contributed by atoms with Gasteiger partial charge in [0, 0.05) is 35.9 Å². The molecular weight excluding hydrogens is 452 g/mol. The third-order valence-corrected chi connectivity index (χ3v) is 5.63.